The molecule has 0 saturated heterocycles. The van der Waals surface area contributed by atoms with Gasteiger partial charge in [-0.15, -0.1) is 10.2 Å². The summed E-state index contributed by atoms with van der Waals surface area (Å²) < 4.78 is 6.49. The van der Waals surface area contributed by atoms with Crippen molar-refractivity contribution in [1.82, 2.24) is 14.8 Å². The van der Waals surface area contributed by atoms with Gasteiger partial charge < -0.3 is 4.74 Å². The summed E-state index contributed by atoms with van der Waals surface area (Å²) in [4.78, 5) is 11.5. The topological polar surface area (TPSA) is 57.0 Å². The molecule has 0 N–H and O–H groups in total. The van der Waals surface area contributed by atoms with Gasteiger partial charge in [0.05, 0.1) is 12.8 Å². The van der Waals surface area contributed by atoms with Crippen LogP contribution in [0.1, 0.15) is 12.5 Å². The molecule has 0 saturated carbocycles. The minimum Gasteiger partial charge on any atom is -0.468 e. The molecule has 2 aromatic rings. The highest BCUT2D eigenvalue weighted by Crippen LogP contribution is 2.26. The fraction of sp³-hybridized carbons (Fsp3) is 0.308. The van der Waals surface area contributed by atoms with E-state index in [0.717, 1.165) is 11.3 Å². The second kappa shape index (κ2) is 6.28. The average Bonchev–Trinajstić information content (AvgIpc) is 2.89. The minimum atomic E-state index is -0.358. The molecule has 0 fully saturated rings. The predicted octanol–water partition coefficient (Wildman–Crippen LogP) is 2.88. The summed E-state index contributed by atoms with van der Waals surface area (Å²) in [6.45, 7) is 3.70. The van der Waals surface area contributed by atoms with E-state index in [1.807, 2.05) is 25.1 Å². The molecule has 1 aromatic carbocycles. The van der Waals surface area contributed by atoms with Gasteiger partial charge >= 0.3 is 5.97 Å². The number of benzene rings is 1. The molecule has 7 heteroatoms. The summed E-state index contributed by atoms with van der Waals surface area (Å²) >= 11 is 7.41. The predicted molar refractivity (Wildman–Crippen MR) is 78.4 cm³/mol. The van der Waals surface area contributed by atoms with Gasteiger partial charge in [-0.2, -0.15) is 0 Å². The Hall–Kier alpha value is -1.53. The number of carbonyl (C=O) groups excluding carboxylic acids is 1. The van der Waals surface area contributed by atoms with Gasteiger partial charge in [-0.3, -0.25) is 9.36 Å². The number of rotatable bonds is 4. The molecule has 5 nitrogen and oxygen atoms in total. The summed E-state index contributed by atoms with van der Waals surface area (Å²) in [5.74, 6) is -0.300. The molecule has 0 aliphatic rings. The van der Waals surface area contributed by atoms with Crippen molar-refractivity contribution in [1.29, 1.82) is 0 Å². The van der Waals surface area contributed by atoms with E-state index >= 15 is 0 Å². The average molecular weight is 312 g/mol. The molecular formula is C13H14ClN3O2S. The lowest BCUT2D eigenvalue weighted by Crippen LogP contribution is -2.15. The van der Waals surface area contributed by atoms with Crippen molar-refractivity contribution in [3.05, 3.63) is 35.1 Å². The van der Waals surface area contributed by atoms with Crippen molar-refractivity contribution in [2.75, 3.05) is 7.11 Å². The fourth-order valence-electron chi connectivity index (χ4n) is 1.59. The van der Waals surface area contributed by atoms with Crippen LogP contribution in [-0.4, -0.2) is 33.1 Å². The summed E-state index contributed by atoms with van der Waals surface area (Å²) in [5, 5.41) is 8.84. The zero-order valence-electron chi connectivity index (χ0n) is 11.3. The van der Waals surface area contributed by atoms with Crippen LogP contribution >= 0.6 is 23.4 Å². The van der Waals surface area contributed by atoms with Gasteiger partial charge in [0.1, 0.15) is 11.6 Å². The maximum Gasteiger partial charge on any atom is 0.318 e. The van der Waals surface area contributed by atoms with Crippen LogP contribution in [0.5, 0.6) is 0 Å². The SMILES string of the molecule is COC(=O)C(C)Sc1nncn1-c1ccc(C)c(Cl)c1. The van der Waals surface area contributed by atoms with Gasteiger partial charge in [0.2, 0.25) is 0 Å². The van der Waals surface area contributed by atoms with Crippen molar-refractivity contribution >= 4 is 29.3 Å². The Morgan fingerprint density at radius 1 is 1.50 bits per heavy atom. The number of halogens is 1. The van der Waals surface area contributed by atoms with E-state index in [2.05, 4.69) is 10.2 Å². The molecular weight excluding hydrogens is 298 g/mol. The molecule has 1 aromatic heterocycles. The van der Waals surface area contributed by atoms with Crippen molar-refractivity contribution in [3.8, 4) is 5.69 Å². The lowest BCUT2D eigenvalue weighted by Gasteiger charge is -2.10. The molecule has 1 unspecified atom stereocenters. The van der Waals surface area contributed by atoms with Gasteiger partial charge in [0.15, 0.2) is 5.16 Å². The highest BCUT2D eigenvalue weighted by molar-refractivity contribution is 8.00. The van der Waals surface area contributed by atoms with Gasteiger partial charge in [-0.25, -0.2) is 0 Å². The van der Waals surface area contributed by atoms with Crippen LogP contribution in [0.15, 0.2) is 29.7 Å². The smallest absolute Gasteiger partial charge is 0.318 e. The van der Waals surface area contributed by atoms with Crippen LogP contribution in [0.25, 0.3) is 5.69 Å². The number of aryl methyl sites for hydroxylation is 1. The van der Waals surface area contributed by atoms with Gasteiger partial charge in [-0.1, -0.05) is 29.4 Å². The number of ether oxygens (including phenoxy) is 1. The van der Waals surface area contributed by atoms with Crippen molar-refractivity contribution < 1.29 is 9.53 Å². The van der Waals surface area contributed by atoms with Crippen LogP contribution in [0.4, 0.5) is 0 Å². The minimum absolute atomic E-state index is 0.300. The van der Waals surface area contributed by atoms with Crippen LogP contribution in [0.2, 0.25) is 5.02 Å². The number of carbonyl (C=O) groups is 1. The molecule has 1 heterocycles. The van der Waals surface area contributed by atoms with Crippen molar-refractivity contribution in [3.63, 3.8) is 0 Å². The van der Waals surface area contributed by atoms with E-state index in [-0.39, 0.29) is 11.2 Å². The van der Waals surface area contributed by atoms with Crippen LogP contribution in [0, 0.1) is 6.92 Å². The van der Waals surface area contributed by atoms with Crippen LogP contribution < -0.4 is 0 Å². The van der Waals surface area contributed by atoms with Crippen molar-refractivity contribution in [2.45, 2.75) is 24.3 Å². The molecule has 2 rings (SSSR count). The number of hydrogen-bond donors (Lipinski definition) is 0. The molecule has 0 radical (unpaired) electrons. The Bertz CT molecular complexity index is 630. The molecule has 0 aliphatic carbocycles. The lowest BCUT2D eigenvalue weighted by atomic mass is 10.2. The molecule has 20 heavy (non-hydrogen) atoms. The molecule has 106 valence electrons. The van der Waals surface area contributed by atoms with E-state index < -0.39 is 0 Å². The Morgan fingerprint density at radius 3 is 2.90 bits per heavy atom. The van der Waals surface area contributed by atoms with E-state index in [1.54, 1.807) is 17.8 Å². The fourth-order valence-corrected chi connectivity index (χ4v) is 2.63. The van der Waals surface area contributed by atoms with E-state index in [1.165, 1.54) is 18.9 Å². The number of hydrogen-bond acceptors (Lipinski definition) is 5. The quantitative estimate of drug-likeness (QED) is 0.642. The Balaban J connectivity index is 2.28. The number of methoxy groups -OCH3 is 1. The number of aromatic nitrogens is 3. The zero-order chi connectivity index (χ0) is 14.7. The van der Waals surface area contributed by atoms with E-state index in [9.17, 15) is 4.79 Å². The highest BCUT2D eigenvalue weighted by atomic mass is 35.5. The summed E-state index contributed by atoms with van der Waals surface area (Å²) in [6.07, 6.45) is 1.59. The second-order valence-corrected chi connectivity index (χ2v) is 5.92. The zero-order valence-corrected chi connectivity index (χ0v) is 12.9. The molecule has 0 bridgehead atoms. The Morgan fingerprint density at radius 2 is 2.25 bits per heavy atom. The molecule has 0 amide bonds. The van der Waals surface area contributed by atoms with Gasteiger partial charge in [-0.05, 0) is 31.5 Å². The van der Waals surface area contributed by atoms with Crippen LogP contribution in [0.3, 0.4) is 0 Å². The first kappa shape index (κ1) is 14.9. The summed E-state index contributed by atoms with van der Waals surface area (Å²) in [5.41, 5.74) is 1.85. The van der Waals surface area contributed by atoms with Gasteiger partial charge in [0, 0.05) is 5.02 Å². The number of esters is 1. The van der Waals surface area contributed by atoms with Gasteiger partial charge in [0.25, 0.3) is 0 Å². The maximum absolute atomic E-state index is 11.5. The molecule has 1 atom stereocenters. The largest absolute Gasteiger partial charge is 0.468 e. The summed E-state index contributed by atoms with van der Waals surface area (Å²) in [6, 6.07) is 5.69. The first-order valence-corrected chi connectivity index (χ1v) is 7.19. The third kappa shape index (κ3) is 3.13. The van der Waals surface area contributed by atoms with Crippen molar-refractivity contribution in [2.24, 2.45) is 0 Å². The summed E-state index contributed by atoms with van der Waals surface area (Å²) in [7, 11) is 1.36. The number of nitrogens with zero attached hydrogens (tertiary/aromatic N) is 3. The first-order valence-electron chi connectivity index (χ1n) is 5.94. The lowest BCUT2D eigenvalue weighted by molar-refractivity contribution is -0.139. The Labute approximate surface area is 126 Å². The first-order chi connectivity index (χ1) is 9.52. The highest BCUT2D eigenvalue weighted by Gasteiger charge is 2.18. The maximum atomic E-state index is 11.5. The Kier molecular flexibility index (Phi) is 4.67. The van der Waals surface area contributed by atoms with E-state index in [0.29, 0.717) is 10.2 Å². The monoisotopic (exact) mass is 311 g/mol. The standard InChI is InChI=1S/C13H14ClN3O2S/c1-8-4-5-10(6-11(8)14)17-7-15-16-13(17)20-9(2)12(18)19-3/h4-7,9H,1-3H3. The third-order valence-electron chi connectivity index (χ3n) is 2.77. The normalized spacial score (nSPS) is 12.2. The molecule has 0 aliphatic heterocycles. The third-order valence-corrected chi connectivity index (χ3v) is 4.21. The molecule has 0 spiro atoms. The number of thioether (sulfide) groups is 1. The second-order valence-electron chi connectivity index (χ2n) is 4.20. The van der Waals surface area contributed by atoms with E-state index in [4.69, 9.17) is 16.3 Å². The van der Waals surface area contributed by atoms with Crippen LogP contribution in [-0.2, 0) is 9.53 Å².